The molecule has 2 rings (SSSR count). The summed E-state index contributed by atoms with van der Waals surface area (Å²) in [6, 6.07) is 7.45. The van der Waals surface area contributed by atoms with E-state index in [9.17, 15) is 4.79 Å². The lowest BCUT2D eigenvalue weighted by molar-refractivity contribution is 0.0615. The first-order chi connectivity index (χ1) is 9.24. The van der Waals surface area contributed by atoms with Crippen LogP contribution in [0.25, 0.3) is 0 Å². The van der Waals surface area contributed by atoms with Crippen molar-refractivity contribution in [2.45, 2.75) is 5.88 Å². The molecule has 1 aromatic rings. The lowest BCUT2D eigenvalue weighted by atomic mass is 10.1. The molecule has 1 fully saturated rings. The molecule has 0 radical (unpaired) electrons. The molecule has 1 N–H and O–H groups in total. The smallest absolute Gasteiger partial charge is 0.253 e. The number of hydrogen-bond donors (Lipinski definition) is 1. The van der Waals surface area contributed by atoms with E-state index < -0.39 is 0 Å². The van der Waals surface area contributed by atoms with Crippen LogP contribution in [0.2, 0.25) is 0 Å². The average Bonchev–Trinajstić information content (AvgIpc) is 2.48. The van der Waals surface area contributed by atoms with Gasteiger partial charge in [0.1, 0.15) is 0 Å². The van der Waals surface area contributed by atoms with Crippen LogP contribution in [-0.2, 0) is 5.88 Å². The van der Waals surface area contributed by atoms with E-state index in [0.29, 0.717) is 18.0 Å². The number of amides is 1. The highest BCUT2D eigenvalue weighted by atomic mass is 35.5. The maximum atomic E-state index is 12.3. The molecule has 0 unspecified atom stereocenters. The number of hydrogen-bond acceptors (Lipinski definition) is 3. The van der Waals surface area contributed by atoms with Gasteiger partial charge in [0.2, 0.25) is 0 Å². The van der Waals surface area contributed by atoms with Crippen LogP contribution in [0.15, 0.2) is 24.3 Å². The lowest BCUT2D eigenvalue weighted by Gasteiger charge is -2.34. The number of benzene rings is 1. The monoisotopic (exact) mass is 282 g/mol. The van der Waals surface area contributed by atoms with Gasteiger partial charge in [-0.3, -0.25) is 9.69 Å². The Morgan fingerprint density at radius 3 is 2.32 bits per heavy atom. The molecular formula is C14H19ClN2O2. The average molecular weight is 283 g/mol. The minimum absolute atomic E-state index is 0.0739. The molecule has 1 amide bonds. The summed E-state index contributed by atoms with van der Waals surface area (Å²) in [5.41, 5.74) is 1.73. The second-order valence-electron chi connectivity index (χ2n) is 4.69. The van der Waals surface area contributed by atoms with Gasteiger partial charge < -0.3 is 10.0 Å². The van der Waals surface area contributed by atoms with E-state index in [2.05, 4.69) is 4.90 Å². The van der Waals surface area contributed by atoms with E-state index in [4.69, 9.17) is 16.7 Å². The Bertz CT molecular complexity index is 414. The minimum atomic E-state index is 0.0739. The van der Waals surface area contributed by atoms with Crippen LogP contribution in [0.1, 0.15) is 15.9 Å². The summed E-state index contributed by atoms with van der Waals surface area (Å²) in [7, 11) is 0. The van der Waals surface area contributed by atoms with Gasteiger partial charge in [-0.15, -0.1) is 11.6 Å². The molecule has 19 heavy (non-hydrogen) atoms. The summed E-state index contributed by atoms with van der Waals surface area (Å²) >= 11 is 5.73. The number of aliphatic hydroxyl groups is 1. The molecule has 0 aliphatic carbocycles. The molecule has 1 aliphatic heterocycles. The van der Waals surface area contributed by atoms with Gasteiger partial charge in [-0.25, -0.2) is 0 Å². The Hall–Kier alpha value is -1.10. The molecule has 0 atom stereocenters. The fraction of sp³-hybridized carbons (Fsp3) is 0.500. The first-order valence-electron chi connectivity index (χ1n) is 6.52. The van der Waals surface area contributed by atoms with Gasteiger partial charge in [0, 0.05) is 44.2 Å². The Kier molecular flexibility index (Phi) is 5.19. The summed E-state index contributed by atoms with van der Waals surface area (Å²) in [5.74, 6) is 0.540. The topological polar surface area (TPSA) is 43.8 Å². The zero-order valence-electron chi connectivity index (χ0n) is 10.9. The summed E-state index contributed by atoms with van der Waals surface area (Å²) in [4.78, 5) is 16.3. The zero-order valence-corrected chi connectivity index (χ0v) is 11.6. The minimum Gasteiger partial charge on any atom is -0.395 e. The van der Waals surface area contributed by atoms with Crippen LogP contribution < -0.4 is 0 Å². The Balaban J connectivity index is 1.93. The van der Waals surface area contributed by atoms with Gasteiger partial charge in [-0.2, -0.15) is 0 Å². The number of aliphatic hydroxyl groups excluding tert-OH is 1. The number of rotatable bonds is 4. The lowest BCUT2D eigenvalue weighted by Crippen LogP contribution is -2.49. The number of carbonyl (C=O) groups excluding carboxylic acids is 1. The van der Waals surface area contributed by atoms with Crippen LogP contribution in [0.4, 0.5) is 0 Å². The predicted molar refractivity (Wildman–Crippen MR) is 75.4 cm³/mol. The molecule has 0 aromatic heterocycles. The molecule has 1 heterocycles. The van der Waals surface area contributed by atoms with Crippen molar-refractivity contribution in [3.63, 3.8) is 0 Å². The maximum absolute atomic E-state index is 12.3. The van der Waals surface area contributed by atoms with Crippen molar-refractivity contribution >= 4 is 17.5 Å². The molecule has 104 valence electrons. The van der Waals surface area contributed by atoms with Crippen LogP contribution in [0, 0.1) is 0 Å². The third kappa shape index (κ3) is 3.69. The van der Waals surface area contributed by atoms with Crippen molar-refractivity contribution in [2.75, 3.05) is 39.3 Å². The zero-order chi connectivity index (χ0) is 13.7. The fourth-order valence-corrected chi connectivity index (χ4v) is 2.41. The summed E-state index contributed by atoms with van der Waals surface area (Å²) < 4.78 is 0. The first kappa shape index (κ1) is 14.3. The van der Waals surface area contributed by atoms with E-state index in [0.717, 1.165) is 31.7 Å². The van der Waals surface area contributed by atoms with Gasteiger partial charge in [-0.05, 0) is 17.7 Å². The Morgan fingerprint density at radius 1 is 1.16 bits per heavy atom. The van der Waals surface area contributed by atoms with Crippen molar-refractivity contribution in [3.05, 3.63) is 35.4 Å². The molecule has 0 spiro atoms. The summed E-state index contributed by atoms with van der Waals surface area (Å²) in [6.07, 6.45) is 0. The summed E-state index contributed by atoms with van der Waals surface area (Å²) in [6.45, 7) is 3.95. The standard InChI is InChI=1S/C14H19ClN2O2/c15-11-12-1-3-13(4-2-12)14(19)17-7-5-16(6-8-17)9-10-18/h1-4,18H,5-11H2. The molecule has 0 saturated carbocycles. The van der Waals surface area contributed by atoms with Gasteiger partial charge in [-0.1, -0.05) is 12.1 Å². The molecule has 5 heteroatoms. The van der Waals surface area contributed by atoms with E-state index in [1.54, 1.807) is 0 Å². The Labute approximate surface area is 118 Å². The molecule has 1 saturated heterocycles. The molecule has 1 aromatic carbocycles. The normalized spacial score (nSPS) is 16.6. The number of alkyl halides is 1. The second kappa shape index (κ2) is 6.89. The number of nitrogens with zero attached hydrogens (tertiary/aromatic N) is 2. The molecule has 0 bridgehead atoms. The SMILES string of the molecule is O=C(c1ccc(CCl)cc1)N1CCN(CCO)CC1. The van der Waals surface area contributed by atoms with Gasteiger partial charge in [0.05, 0.1) is 6.61 Å². The quantitative estimate of drug-likeness (QED) is 0.844. The maximum Gasteiger partial charge on any atom is 0.253 e. The highest BCUT2D eigenvalue weighted by Gasteiger charge is 2.21. The summed E-state index contributed by atoms with van der Waals surface area (Å²) in [5, 5.41) is 8.89. The van der Waals surface area contributed by atoms with E-state index in [-0.39, 0.29) is 12.5 Å². The largest absolute Gasteiger partial charge is 0.395 e. The van der Waals surface area contributed by atoms with Crippen LogP contribution >= 0.6 is 11.6 Å². The van der Waals surface area contributed by atoms with E-state index in [1.165, 1.54) is 0 Å². The number of halogens is 1. The fourth-order valence-electron chi connectivity index (χ4n) is 2.23. The highest BCUT2D eigenvalue weighted by Crippen LogP contribution is 2.11. The second-order valence-corrected chi connectivity index (χ2v) is 4.96. The number of carbonyl (C=O) groups is 1. The predicted octanol–water partition coefficient (Wildman–Crippen LogP) is 1.18. The van der Waals surface area contributed by atoms with Gasteiger partial charge in [0.25, 0.3) is 5.91 Å². The molecular weight excluding hydrogens is 264 g/mol. The highest BCUT2D eigenvalue weighted by molar-refractivity contribution is 6.17. The number of piperazine rings is 1. The van der Waals surface area contributed by atoms with E-state index >= 15 is 0 Å². The third-order valence-electron chi connectivity index (χ3n) is 3.43. The van der Waals surface area contributed by atoms with Crippen molar-refractivity contribution in [3.8, 4) is 0 Å². The molecule has 1 aliphatic rings. The van der Waals surface area contributed by atoms with Gasteiger partial charge >= 0.3 is 0 Å². The Morgan fingerprint density at radius 2 is 1.79 bits per heavy atom. The van der Waals surface area contributed by atoms with Crippen LogP contribution in [0.5, 0.6) is 0 Å². The van der Waals surface area contributed by atoms with Gasteiger partial charge in [0.15, 0.2) is 0 Å². The van der Waals surface area contributed by atoms with Crippen molar-refractivity contribution in [1.29, 1.82) is 0 Å². The van der Waals surface area contributed by atoms with E-state index in [1.807, 2.05) is 29.2 Å². The van der Waals surface area contributed by atoms with Crippen molar-refractivity contribution < 1.29 is 9.90 Å². The van der Waals surface area contributed by atoms with Crippen LogP contribution in [0.3, 0.4) is 0 Å². The van der Waals surface area contributed by atoms with Crippen LogP contribution in [-0.4, -0.2) is 60.1 Å². The van der Waals surface area contributed by atoms with Crippen molar-refractivity contribution in [1.82, 2.24) is 9.80 Å². The third-order valence-corrected chi connectivity index (χ3v) is 3.74. The molecule has 4 nitrogen and oxygen atoms in total. The number of β-amino-alcohol motifs (C(OH)–C–C–N with tert-alkyl or cyclic N) is 1. The van der Waals surface area contributed by atoms with Crippen molar-refractivity contribution in [2.24, 2.45) is 0 Å². The first-order valence-corrected chi connectivity index (χ1v) is 7.05.